The average molecular weight is 312 g/mol. The quantitative estimate of drug-likeness (QED) is 0.449. The second-order valence-electron chi connectivity index (χ2n) is 4.97. The van der Waals surface area contributed by atoms with Crippen LogP contribution in [-0.2, 0) is 14.8 Å². The number of sulfonamides is 1. The second kappa shape index (κ2) is 6.82. The number of rotatable bonds is 7. The van der Waals surface area contributed by atoms with Crippen LogP contribution >= 0.6 is 0 Å². The van der Waals surface area contributed by atoms with Crippen LogP contribution in [0.1, 0.15) is 43.5 Å². The summed E-state index contributed by atoms with van der Waals surface area (Å²) in [6, 6.07) is 3.80. The minimum atomic E-state index is -4.06. The zero-order valence-electron chi connectivity index (χ0n) is 12.1. The average Bonchev–Trinajstić information content (AvgIpc) is 2.37. The Bertz CT molecular complexity index is 653. The van der Waals surface area contributed by atoms with Gasteiger partial charge in [-0.15, -0.1) is 0 Å². The van der Waals surface area contributed by atoms with Gasteiger partial charge in [-0.2, -0.15) is 0 Å². The maximum atomic E-state index is 12.5. The third-order valence-electron chi connectivity index (χ3n) is 3.23. The van der Waals surface area contributed by atoms with Crippen molar-refractivity contribution in [3.63, 3.8) is 0 Å². The summed E-state index contributed by atoms with van der Waals surface area (Å²) < 4.78 is 23.2. The molecule has 21 heavy (non-hydrogen) atoms. The highest BCUT2D eigenvalue weighted by atomic mass is 32.2. The highest BCUT2D eigenvalue weighted by Crippen LogP contribution is 2.24. The first kappa shape index (κ1) is 17.3. The van der Waals surface area contributed by atoms with E-state index in [0.29, 0.717) is 12.8 Å². The van der Waals surface area contributed by atoms with Gasteiger partial charge < -0.3 is 5.73 Å². The van der Waals surface area contributed by atoms with Gasteiger partial charge in [0.2, 0.25) is 10.0 Å². The van der Waals surface area contributed by atoms with Gasteiger partial charge >= 0.3 is 0 Å². The standard InChI is InChI=1S/C14H20N2O4S/c1-3-4-5-11(9(2)17)14(18)12-8-10(15)6-7-13(12)21(16,19)20/h6-8,11H,3-5,15H2,1-2H3,(H2,16,19,20)/t11-/m1/s1. The van der Waals surface area contributed by atoms with Crippen LogP contribution in [-0.4, -0.2) is 20.0 Å². The van der Waals surface area contributed by atoms with E-state index in [0.717, 1.165) is 6.42 Å². The number of nitrogens with two attached hydrogens (primary N) is 2. The largest absolute Gasteiger partial charge is 0.399 e. The molecular weight excluding hydrogens is 292 g/mol. The van der Waals surface area contributed by atoms with Gasteiger partial charge in [0.1, 0.15) is 5.78 Å². The molecule has 0 fully saturated rings. The normalized spacial score (nSPS) is 12.9. The molecule has 6 nitrogen and oxygen atoms in total. The number of carbonyl (C=O) groups excluding carboxylic acids is 2. The monoisotopic (exact) mass is 312 g/mol. The van der Waals surface area contributed by atoms with E-state index in [1.807, 2.05) is 6.92 Å². The van der Waals surface area contributed by atoms with E-state index in [9.17, 15) is 18.0 Å². The van der Waals surface area contributed by atoms with Gasteiger partial charge in [-0.25, -0.2) is 13.6 Å². The Hall–Kier alpha value is -1.73. The lowest BCUT2D eigenvalue weighted by atomic mass is 9.89. The molecule has 7 heteroatoms. The fourth-order valence-electron chi connectivity index (χ4n) is 2.10. The van der Waals surface area contributed by atoms with Crippen LogP contribution in [0, 0.1) is 5.92 Å². The molecule has 0 aromatic heterocycles. The van der Waals surface area contributed by atoms with Gasteiger partial charge in [0, 0.05) is 11.3 Å². The molecule has 0 saturated heterocycles. The maximum Gasteiger partial charge on any atom is 0.238 e. The Balaban J connectivity index is 3.33. The highest BCUT2D eigenvalue weighted by Gasteiger charge is 2.28. The lowest BCUT2D eigenvalue weighted by Gasteiger charge is -2.15. The van der Waals surface area contributed by atoms with Crippen LogP contribution in [0.15, 0.2) is 23.1 Å². The molecule has 0 aliphatic carbocycles. The molecule has 0 heterocycles. The molecular formula is C14H20N2O4S. The Morgan fingerprint density at radius 1 is 1.29 bits per heavy atom. The number of benzene rings is 1. The highest BCUT2D eigenvalue weighted by molar-refractivity contribution is 7.89. The Kier molecular flexibility index (Phi) is 5.62. The van der Waals surface area contributed by atoms with Gasteiger partial charge in [-0.05, 0) is 31.5 Å². The van der Waals surface area contributed by atoms with Crippen molar-refractivity contribution in [2.75, 3.05) is 5.73 Å². The summed E-state index contributed by atoms with van der Waals surface area (Å²) in [5, 5.41) is 5.12. The van der Waals surface area contributed by atoms with Crippen molar-refractivity contribution in [2.45, 2.75) is 38.0 Å². The molecule has 116 valence electrons. The van der Waals surface area contributed by atoms with Gasteiger partial charge in [0.15, 0.2) is 5.78 Å². The third-order valence-corrected chi connectivity index (χ3v) is 4.20. The third kappa shape index (κ3) is 4.37. The van der Waals surface area contributed by atoms with Crippen molar-refractivity contribution in [2.24, 2.45) is 11.1 Å². The van der Waals surface area contributed by atoms with Crippen LogP contribution < -0.4 is 10.9 Å². The van der Waals surface area contributed by atoms with Gasteiger partial charge in [0.25, 0.3) is 0 Å². The molecule has 1 aromatic carbocycles. The molecule has 1 rings (SSSR count). The Labute approximate surface area is 124 Å². The number of nitrogen functional groups attached to an aromatic ring is 1. The topological polar surface area (TPSA) is 120 Å². The van der Waals surface area contributed by atoms with Gasteiger partial charge in [0.05, 0.1) is 10.8 Å². The van der Waals surface area contributed by atoms with Crippen molar-refractivity contribution in [3.8, 4) is 0 Å². The number of hydrogen-bond donors (Lipinski definition) is 2. The summed E-state index contributed by atoms with van der Waals surface area (Å²) in [5.74, 6) is -1.71. The van der Waals surface area contributed by atoms with Crippen LogP contribution in [0.5, 0.6) is 0 Å². The predicted molar refractivity (Wildman–Crippen MR) is 80.3 cm³/mol. The summed E-state index contributed by atoms with van der Waals surface area (Å²) in [6.07, 6.45) is 1.91. The number of ketones is 2. The lowest BCUT2D eigenvalue weighted by Crippen LogP contribution is -2.25. The fraction of sp³-hybridized carbons (Fsp3) is 0.429. The summed E-state index contributed by atoms with van der Waals surface area (Å²) in [5.41, 5.74) is 5.73. The van der Waals surface area contributed by atoms with Crippen molar-refractivity contribution < 1.29 is 18.0 Å². The fourth-order valence-corrected chi connectivity index (χ4v) is 2.83. The molecule has 0 aliphatic rings. The van der Waals surface area contributed by atoms with Crippen molar-refractivity contribution in [1.82, 2.24) is 0 Å². The number of carbonyl (C=O) groups is 2. The van der Waals surface area contributed by atoms with E-state index < -0.39 is 21.7 Å². The summed E-state index contributed by atoms with van der Waals surface area (Å²) in [4.78, 5) is 23.9. The van der Waals surface area contributed by atoms with Gasteiger partial charge in [-0.3, -0.25) is 9.59 Å². The van der Waals surface area contributed by atoms with Crippen LogP contribution in [0.3, 0.4) is 0 Å². The molecule has 0 aliphatic heterocycles. The molecule has 0 radical (unpaired) electrons. The second-order valence-corrected chi connectivity index (χ2v) is 6.50. The van der Waals surface area contributed by atoms with E-state index in [-0.39, 0.29) is 21.9 Å². The minimum absolute atomic E-state index is 0.117. The van der Waals surface area contributed by atoms with E-state index in [4.69, 9.17) is 10.9 Å². The minimum Gasteiger partial charge on any atom is -0.399 e. The zero-order chi connectivity index (χ0) is 16.2. The molecule has 0 amide bonds. The van der Waals surface area contributed by atoms with Crippen LogP contribution in [0.25, 0.3) is 0 Å². The summed E-state index contributed by atoms with van der Waals surface area (Å²) in [6.45, 7) is 3.26. The number of unbranched alkanes of at least 4 members (excludes halogenated alkanes) is 1. The molecule has 1 atom stereocenters. The molecule has 0 spiro atoms. The van der Waals surface area contributed by atoms with E-state index in [1.165, 1.54) is 25.1 Å². The van der Waals surface area contributed by atoms with Gasteiger partial charge in [-0.1, -0.05) is 19.8 Å². The summed E-state index contributed by atoms with van der Waals surface area (Å²) >= 11 is 0. The molecule has 0 saturated carbocycles. The SMILES string of the molecule is CCCC[C@H](C(C)=O)C(=O)c1cc(N)ccc1S(N)(=O)=O. The van der Waals surface area contributed by atoms with Crippen molar-refractivity contribution >= 4 is 27.3 Å². The Morgan fingerprint density at radius 3 is 2.38 bits per heavy atom. The predicted octanol–water partition coefficient (Wildman–Crippen LogP) is 1.49. The first-order valence-corrected chi connectivity index (χ1v) is 8.20. The van der Waals surface area contributed by atoms with E-state index >= 15 is 0 Å². The molecule has 0 bridgehead atoms. The smallest absolute Gasteiger partial charge is 0.238 e. The molecule has 0 unspecified atom stereocenters. The zero-order valence-corrected chi connectivity index (χ0v) is 12.9. The van der Waals surface area contributed by atoms with Crippen LogP contribution in [0.4, 0.5) is 5.69 Å². The van der Waals surface area contributed by atoms with E-state index in [1.54, 1.807) is 0 Å². The van der Waals surface area contributed by atoms with Crippen LogP contribution in [0.2, 0.25) is 0 Å². The van der Waals surface area contributed by atoms with E-state index in [2.05, 4.69) is 0 Å². The number of Topliss-reactive ketones (excluding diaryl/α,β-unsaturated/α-hetero) is 2. The number of hydrogen-bond acceptors (Lipinski definition) is 5. The summed E-state index contributed by atoms with van der Waals surface area (Å²) in [7, 11) is -4.06. The number of anilines is 1. The molecule has 1 aromatic rings. The lowest BCUT2D eigenvalue weighted by molar-refractivity contribution is -0.119. The molecule has 4 N–H and O–H groups in total. The Morgan fingerprint density at radius 2 is 1.90 bits per heavy atom. The van der Waals surface area contributed by atoms with Crippen molar-refractivity contribution in [3.05, 3.63) is 23.8 Å². The maximum absolute atomic E-state index is 12.5. The first-order chi connectivity index (χ1) is 9.68. The first-order valence-electron chi connectivity index (χ1n) is 6.65. The van der Waals surface area contributed by atoms with Crippen molar-refractivity contribution in [1.29, 1.82) is 0 Å². The number of primary sulfonamides is 1.